The highest BCUT2D eigenvalue weighted by Gasteiger charge is 2.40. The first-order valence-corrected chi connectivity index (χ1v) is 20.7. The van der Waals surface area contributed by atoms with Crippen LogP contribution in [0.3, 0.4) is 0 Å². The van der Waals surface area contributed by atoms with E-state index in [4.69, 9.17) is 9.84 Å². The second-order valence-corrected chi connectivity index (χ2v) is 16.4. The van der Waals surface area contributed by atoms with E-state index in [-0.39, 0.29) is 35.7 Å². The molecule has 0 radical (unpaired) electrons. The molecule has 1 atom stereocenters. The standard InChI is InChI=1S/C44H45F2N9O5/c1-25(56)51-16-11-35-34(23-51)42(53-13-3-4-26-19-31(33(41(45)46)20-37(26)53)32-21-39-47-12-17-52(39)24-38(32)60-2)49-55(35)28-9-14-50(15-10-28)29-5-6-30-27(18-29)22-54(44(30)59)36-7-8-40(57)48-43(36)58/h5-6,12,17-21,24,28,36,41H,3-4,7-11,13-16,22-23H2,1-2H3,(H,48,57,58). The zero-order chi connectivity index (χ0) is 41.4. The maximum absolute atomic E-state index is 15.1. The molecule has 14 nitrogen and oxygen atoms in total. The van der Waals surface area contributed by atoms with Gasteiger partial charge in [-0.05, 0) is 85.2 Å². The van der Waals surface area contributed by atoms with Gasteiger partial charge in [-0.15, -0.1) is 0 Å². The maximum Gasteiger partial charge on any atom is 0.264 e. The van der Waals surface area contributed by atoms with Crippen molar-refractivity contribution < 1.29 is 32.7 Å². The second kappa shape index (κ2) is 14.7. The molecule has 0 bridgehead atoms. The van der Waals surface area contributed by atoms with Crippen LogP contribution in [-0.4, -0.2) is 91.9 Å². The highest BCUT2D eigenvalue weighted by Crippen LogP contribution is 2.46. The van der Waals surface area contributed by atoms with Crippen molar-refractivity contribution in [1.82, 2.24) is 34.3 Å². The van der Waals surface area contributed by atoms with Gasteiger partial charge in [0, 0.05) is 104 Å². The zero-order valence-electron chi connectivity index (χ0n) is 33.5. The molecule has 0 saturated carbocycles. The number of methoxy groups -OCH3 is 1. The molecule has 60 heavy (non-hydrogen) atoms. The monoisotopic (exact) mass is 817 g/mol. The highest BCUT2D eigenvalue weighted by atomic mass is 19.3. The summed E-state index contributed by atoms with van der Waals surface area (Å²) in [6.45, 7) is 4.97. The molecular formula is C44H45F2N9O5. The Balaban J connectivity index is 0.938. The molecule has 1 N–H and O–H groups in total. The average molecular weight is 818 g/mol. The number of aromatic nitrogens is 4. The summed E-state index contributed by atoms with van der Waals surface area (Å²) in [4.78, 5) is 62.5. The van der Waals surface area contributed by atoms with Crippen molar-refractivity contribution in [2.45, 2.75) is 83.5 Å². The van der Waals surface area contributed by atoms with Crippen LogP contribution in [-0.2, 0) is 40.3 Å². The van der Waals surface area contributed by atoms with Crippen molar-refractivity contribution in [3.8, 4) is 16.9 Å². The molecule has 4 amide bonds. The number of halogens is 2. The molecule has 16 heteroatoms. The van der Waals surface area contributed by atoms with E-state index in [1.807, 2.05) is 29.2 Å². The molecule has 3 aromatic heterocycles. The van der Waals surface area contributed by atoms with Gasteiger partial charge in [0.1, 0.15) is 17.4 Å². The van der Waals surface area contributed by atoms with Gasteiger partial charge in [0.2, 0.25) is 17.7 Å². The fourth-order valence-electron chi connectivity index (χ4n) is 9.94. The Morgan fingerprint density at radius 1 is 0.917 bits per heavy atom. The molecule has 2 aromatic carbocycles. The molecule has 1 unspecified atom stereocenters. The largest absolute Gasteiger partial charge is 0.495 e. The van der Waals surface area contributed by atoms with E-state index in [1.165, 1.54) is 7.11 Å². The predicted octanol–water partition coefficient (Wildman–Crippen LogP) is 5.74. The molecule has 5 aromatic rings. The van der Waals surface area contributed by atoms with Gasteiger partial charge in [0.15, 0.2) is 5.82 Å². The first kappa shape index (κ1) is 37.9. The van der Waals surface area contributed by atoms with Crippen molar-refractivity contribution in [2.24, 2.45) is 0 Å². The van der Waals surface area contributed by atoms with Gasteiger partial charge in [-0.3, -0.25) is 29.2 Å². The van der Waals surface area contributed by atoms with Crippen molar-refractivity contribution in [2.75, 3.05) is 43.1 Å². The van der Waals surface area contributed by atoms with Crippen LogP contribution in [0.2, 0.25) is 0 Å². The normalized spacial score (nSPS) is 19.6. The maximum atomic E-state index is 15.1. The van der Waals surface area contributed by atoms with Crippen LogP contribution in [0.25, 0.3) is 16.8 Å². The van der Waals surface area contributed by atoms with E-state index in [1.54, 1.807) is 46.9 Å². The van der Waals surface area contributed by atoms with Gasteiger partial charge in [0.05, 0.1) is 25.9 Å². The SMILES string of the molecule is COc1cn2ccnc2cc1-c1cc2c(cc1C(F)F)N(c1nn(C3CCN(c4ccc5c(c4)CN(C4CCC(=O)NC4=O)C5=O)CC3)c3c1CN(C(C)=O)CC3)CCC2. The molecular weight excluding hydrogens is 773 g/mol. The topological polar surface area (TPSA) is 138 Å². The van der Waals surface area contributed by atoms with Gasteiger partial charge in [0.25, 0.3) is 12.3 Å². The van der Waals surface area contributed by atoms with E-state index >= 15 is 8.78 Å². The number of ether oxygens (including phenoxy) is 1. The lowest BCUT2D eigenvalue weighted by Gasteiger charge is -2.35. The summed E-state index contributed by atoms with van der Waals surface area (Å²) < 4.78 is 39.9. The minimum Gasteiger partial charge on any atom is -0.495 e. The lowest BCUT2D eigenvalue weighted by molar-refractivity contribution is -0.137. The smallest absolute Gasteiger partial charge is 0.264 e. The number of imide groups is 1. The third-order valence-electron chi connectivity index (χ3n) is 13.1. The first-order chi connectivity index (χ1) is 29.1. The number of aryl methyl sites for hydroxylation is 1. The number of carbonyl (C=O) groups excluding carboxylic acids is 4. The van der Waals surface area contributed by atoms with Crippen LogP contribution < -0.4 is 19.9 Å². The Labute approximate surface area is 344 Å². The van der Waals surface area contributed by atoms with Gasteiger partial charge in [-0.25, -0.2) is 13.8 Å². The molecule has 0 aliphatic carbocycles. The number of piperidine rings is 2. The van der Waals surface area contributed by atoms with Gasteiger partial charge >= 0.3 is 0 Å². The summed E-state index contributed by atoms with van der Waals surface area (Å²) >= 11 is 0. The van der Waals surface area contributed by atoms with Gasteiger partial charge in [-0.2, -0.15) is 5.10 Å². The number of amides is 4. The number of fused-ring (bicyclic) bond motifs is 4. The molecule has 5 aliphatic rings. The number of carbonyl (C=O) groups is 4. The second-order valence-electron chi connectivity index (χ2n) is 16.4. The number of hydrogen-bond donors (Lipinski definition) is 1. The summed E-state index contributed by atoms with van der Waals surface area (Å²) in [5.41, 5.74) is 7.65. The summed E-state index contributed by atoms with van der Waals surface area (Å²) in [5, 5.41) is 7.70. The number of nitrogens with one attached hydrogen (secondary N) is 1. The minimum atomic E-state index is -2.75. The van der Waals surface area contributed by atoms with Crippen LogP contribution >= 0.6 is 0 Å². The summed E-state index contributed by atoms with van der Waals surface area (Å²) in [6, 6.07) is 10.6. The Morgan fingerprint density at radius 2 is 1.75 bits per heavy atom. The molecule has 2 fully saturated rings. The molecule has 0 spiro atoms. The van der Waals surface area contributed by atoms with Crippen molar-refractivity contribution >= 4 is 46.5 Å². The third kappa shape index (κ3) is 6.34. The number of rotatable bonds is 7. The summed E-state index contributed by atoms with van der Waals surface area (Å²) in [5.74, 6) is 0.240. The number of pyridine rings is 1. The molecule has 5 aliphatic heterocycles. The number of imidazole rings is 1. The van der Waals surface area contributed by atoms with Gasteiger partial charge in [-0.1, -0.05) is 0 Å². The first-order valence-electron chi connectivity index (χ1n) is 20.7. The van der Waals surface area contributed by atoms with Crippen LogP contribution in [0.15, 0.2) is 55.0 Å². The Morgan fingerprint density at radius 3 is 2.52 bits per heavy atom. The Bertz CT molecular complexity index is 2600. The Kier molecular flexibility index (Phi) is 9.32. The van der Waals surface area contributed by atoms with Crippen molar-refractivity contribution in [1.29, 1.82) is 0 Å². The third-order valence-corrected chi connectivity index (χ3v) is 13.1. The van der Waals surface area contributed by atoms with Crippen molar-refractivity contribution in [3.05, 3.63) is 88.5 Å². The number of alkyl halides is 2. The van der Waals surface area contributed by atoms with E-state index in [0.29, 0.717) is 85.0 Å². The van der Waals surface area contributed by atoms with Crippen molar-refractivity contribution in [3.63, 3.8) is 0 Å². The molecule has 8 heterocycles. The fraction of sp³-hybridized carbons (Fsp3) is 0.409. The van der Waals surface area contributed by atoms with Crippen LogP contribution in [0.5, 0.6) is 5.75 Å². The minimum absolute atomic E-state index is 0.0176. The van der Waals surface area contributed by atoms with Crippen LogP contribution in [0.1, 0.15) is 89.8 Å². The predicted molar refractivity (Wildman–Crippen MR) is 217 cm³/mol. The number of benzene rings is 2. The lowest BCUT2D eigenvalue weighted by Crippen LogP contribution is -2.52. The average Bonchev–Trinajstić information content (AvgIpc) is 3.97. The number of nitrogens with zero attached hydrogens (tertiary/aromatic N) is 8. The summed E-state index contributed by atoms with van der Waals surface area (Å²) in [7, 11) is 1.54. The Hall–Kier alpha value is -6.32. The van der Waals surface area contributed by atoms with Gasteiger partial charge < -0.3 is 28.7 Å². The zero-order valence-corrected chi connectivity index (χ0v) is 33.5. The van der Waals surface area contributed by atoms with E-state index in [2.05, 4.69) is 24.8 Å². The number of hydrogen-bond acceptors (Lipinski definition) is 9. The molecule has 10 rings (SSSR count). The quantitative estimate of drug-likeness (QED) is 0.204. The highest BCUT2D eigenvalue weighted by molar-refractivity contribution is 6.05. The molecule has 2 saturated heterocycles. The molecule has 310 valence electrons. The van der Waals surface area contributed by atoms with E-state index < -0.39 is 18.4 Å². The summed E-state index contributed by atoms with van der Waals surface area (Å²) in [6.07, 6.45) is 6.74. The van der Waals surface area contributed by atoms with E-state index in [0.717, 1.165) is 60.4 Å². The van der Waals surface area contributed by atoms with E-state index in [9.17, 15) is 19.2 Å². The number of anilines is 3. The van der Waals surface area contributed by atoms with Crippen LogP contribution in [0.4, 0.5) is 26.0 Å². The lowest BCUT2D eigenvalue weighted by atomic mass is 9.91. The fourth-order valence-corrected chi connectivity index (χ4v) is 9.94. The van der Waals surface area contributed by atoms with Crippen LogP contribution in [0, 0.1) is 0 Å².